The molecular formula is C77H139FKN4O9Pt2S2-5. The number of carbonyl (C=O) groups is 1. The third-order valence-electron chi connectivity index (χ3n) is 26.4. The fraction of sp³-hybridized carbons (Fsp3) is 0.909. The van der Waals surface area contributed by atoms with Gasteiger partial charge >= 0.3 is 57.4 Å². The summed E-state index contributed by atoms with van der Waals surface area (Å²) >= 11 is 0. The summed E-state index contributed by atoms with van der Waals surface area (Å²) in [6.07, 6.45) is 45.8. The van der Waals surface area contributed by atoms with Crippen molar-refractivity contribution in [3.05, 3.63) is 47.9 Å². The van der Waals surface area contributed by atoms with Crippen molar-refractivity contribution >= 4 is 33.9 Å². The number of carboxylic acid groups (broad SMARTS) is 1. The van der Waals surface area contributed by atoms with Crippen molar-refractivity contribution < 1.29 is 142 Å². The first-order valence-electron chi connectivity index (χ1n) is 37.1. The molecule has 0 radical (unpaired) electrons. The Morgan fingerprint density at radius 3 is 1.34 bits per heavy atom. The second-order valence-corrected chi connectivity index (χ2v) is 36.2. The molecule has 10 rings (SSSR count). The summed E-state index contributed by atoms with van der Waals surface area (Å²) in [7, 11) is -2.07. The molecule has 19 heteroatoms. The van der Waals surface area contributed by atoms with E-state index >= 15 is 0 Å². The number of allylic oxidation sites excluding steroid dienone is 2. The van der Waals surface area contributed by atoms with Crippen molar-refractivity contribution in [2.75, 3.05) is 36.2 Å². The molecule has 0 heterocycles. The van der Waals surface area contributed by atoms with E-state index in [9.17, 15) is 18.0 Å². The second kappa shape index (κ2) is 46.6. The van der Waals surface area contributed by atoms with Crippen LogP contribution >= 0.6 is 0 Å². The Balaban J connectivity index is 0.00000143. The van der Waals surface area contributed by atoms with Crippen LogP contribution in [0.25, 0.3) is 17.2 Å². The van der Waals surface area contributed by atoms with Gasteiger partial charge in [0.2, 0.25) is 0 Å². The van der Waals surface area contributed by atoms with Crippen LogP contribution < -0.4 is 57.1 Å². The fourth-order valence-electron chi connectivity index (χ4n) is 21.1. The van der Waals surface area contributed by atoms with E-state index in [-0.39, 0.29) is 172 Å². The van der Waals surface area contributed by atoms with E-state index in [0.717, 1.165) is 122 Å². The third-order valence-corrected chi connectivity index (χ3v) is 29.0. The van der Waals surface area contributed by atoms with Crippen molar-refractivity contribution in [1.29, 1.82) is 0 Å². The minimum atomic E-state index is -1.10. The summed E-state index contributed by atoms with van der Waals surface area (Å²) in [5, 5.41) is 8.79. The van der Waals surface area contributed by atoms with E-state index in [1.54, 1.807) is 11.1 Å². The third kappa shape index (κ3) is 26.2. The maximum atomic E-state index is 12.0. The van der Waals surface area contributed by atoms with E-state index in [1.807, 2.05) is 6.29 Å². The molecule has 0 bridgehead atoms. The molecular weight excluding hydrogens is 1640 g/mol. The normalized spacial score (nSPS) is 36.5. The van der Waals surface area contributed by atoms with E-state index in [1.165, 1.54) is 141 Å². The topological polar surface area (TPSA) is 266 Å². The average molecular weight is 1780 g/mol. The van der Waals surface area contributed by atoms with Gasteiger partial charge in [0.25, 0.3) is 0 Å². The number of rotatable bonds is 24. The number of hydrogen-bond donors (Lipinski definition) is 2. The number of carboxylic acids is 1. The molecule has 96 heavy (non-hydrogen) atoms. The molecule has 2 unspecified atom stereocenters. The number of nitrogens with one attached hydrogen (secondary N) is 3. The summed E-state index contributed by atoms with van der Waals surface area (Å²) in [5.74, 6) is 11.2. The predicted molar refractivity (Wildman–Crippen MR) is 388 cm³/mol. The summed E-state index contributed by atoms with van der Waals surface area (Å²) in [6.45, 7) is 26.1. The first-order chi connectivity index (χ1) is 42.3. The summed E-state index contributed by atoms with van der Waals surface area (Å²) in [6, 6.07) is 0.0417. The quantitative estimate of drug-likeness (QED) is 0.0528. The molecule has 0 saturated heterocycles. The van der Waals surface area contributed by atoms with E-state index in [0.29, 0.717) is 52.1 Å². The largest absolute Gasteiger partial charge is 1.00 e. The van der Waals surface area contributed by atoms with Gasteiger partial charge in [-0.15, -0.1) is 12.5 Å². The van der Waals surface area contributed by atoms with E-state index in [2.05, 4.69) is 81.4 Å². The number of nitrogens with two attached hydrogens (primary N) is 1. The van der Waals surface area contributed by atoms with Gasteiger partial charge in [0, 0.05) is 81.0 Å². The van der Waals surface area contributed by atoms with Crippen molar-refractivity contribution in [1.82, 2.24) is 0 Å². The molecule has 9 N–H and O–H groups in total. The molecule has 566 valence electrons. The Labute approximate surface area is 662 Å². The first kappa shape index (κ1) is 97.5. The van der Waals surface area contributed by atoms with Crippen LogP contribution in [0.2, 0.25) is 0 Å². The zero-order chi connectivity index (χ0) is 64.7. The van der Waals surface area contributed by atoms with Crippen molar-refractivity contribution in [2.45, 2.75) is 311 Å². The maximum absolute atomic E-state index is 12.0. The number of hydrogen-bond acceptors (Lipinski definition) is 8. The van der Waals surface area contributed by atoms with Crippen LogP contribution in [0.3, 0.4) is 0 Å². The summed E-state index contributed by atoms with van der Waals surface area (Å²) in [5.41, 5.74) is 32.6. The molecule has 10 aliphatic carbocycles. The van der Waals surface area contributed by atoms with Crippen molar-refractivity contribution in [3.63, 3.8) is 0 Å². The molecule has 8 fully saturated rings. The van der Waals surface area contributed by atoms with Gasteiger partial charge in [-0.3, -0.25) is 24.2 Å². The average Bonchev–Trinajstić information content (AvgIpc) is 1.36. The first-order valence-corrected chi connectivity index (χ1v) is 40.1. The van der Waals surface area contributed by atoms with Gasteiger partial charge in [-0.05, 0) is 214 Å². The Bertz CT molecular complexity index is 2290. The van der Waals surface area contributed by atoms with Crippen LogP contribution in [0.15, 0.2) is 23.3 Å². The van der Waals surface area contributed by atoms with Gasteiger partial charge in [0.15, 0.2) is 0 Å². The van der Waals surface area contributed by atoms with Gasteiger partial charge in [0.05, 0.1) is 31.8 Å². The molecule has 0 aromatic heterocycles. The zero-order valence-corrected chi connectivity index (χ0v) is 71.5. The number of carbonyl (C=O) groups excluding carboxylic acids is 1. The van der Waals surface area contributed by atoms with E-state index in [4.69, 9.17) is 37.5 Å². The standard InChI is InChI=1S/C32H54O4S.C32H53O3S.C6H13N2.C6H12N2.CH3.FH.K.2H2O.2Pt/c1-22(2)7-6-8-23(3)27-11-12-28-26-10-9-24-21-25(36-18-20-37(35)19-15-30(33)34)13-16-31(24,4)29(26)14-17-32(27,28)5;1-23(2)8-6-9-24(3)28-12-13-29-27-11-10-25-22-26(35-19-21-36(34)20-7-18-33)14-16-31(25,4)30(27)15-17-32(28,29)5;2*7-5-3-1-2-4-6(5)8;;;;;;;/h9,22-23,25-29H,6-8,10-21H2,1-5H3,(H,33,34);10,23-24,26-30H,6-9,11-17,19-22H2,1-5H3;5-7H,1-4,8H2;5-8H,1-4H2;1H3;1H;;2*1H2;;/q;2*-1;-2;-1;;+1;;;;/p-1/t23-,25+,26+,27-,28+,29+,31+,32-,37?;24-,26+,27+,28-,29+,30+,31+,32-,36?;2*5-,6-;;;;;;;/m1111......./s1. The van der Waals surface area contributed by atoms with Gasteiger partial charge in [0.1, 0.15) is 0 Å². The van der Waals surface area contributed by atoms with Gasteiger partial charge in [-0.1, -0.05) is 176 Å². The summed E-state index contributed by atoms with van der Waals surface area (Å²) in [4.78, 5) is 21.1. The monoisotopic (exact) mass is 1780 g/mol. The molecule has 0 aromatic rings. The Hall–Kier alpha value is 1.54. The number of fused-ring (bicyclic) bond motifs is 10. The predicted octanol–water partition coefficient (Wildman–Crippen LogP) is 15.6. The fourth-order valence-corrected chi connectivity index (χ4v) is 22.7. The van der Waals surface area contributed by atoms with Crippen LogP contribution in [0.4, 0.5) is 4.70 Å². The SMILES string of the molecule is CC(C)CCC[C@@H](C)[C@H]1CC[C@H]2[C@@H]3CC=C4C[C@@H](OCCS(=O)CCC(=O)O)CC[C@]4(C)[C@H]3CC[C@]12C.CC(C)CCC[C@@H](C)[C@H]1CC[C@H]2[C@@H]3CC=C4C[C@@H](OCCS(=O)CC[C-]=O)CC[C@]4(C)[C@H]3CC[C@]12C.F.O.[CH3-].[K+].[NH-][C@@H]1CCCC[C@H]1N.[NH-][C@@H]1CCCC[C@H]1[NH-].[OH-].[Pt].[Pt]. The van der Waals surface area contributed by atoms with Crippen LogP contribution in [-0.4, -0.2) is 109 Å². The minimum absolute atomic E-state index is 0. The molecule has 10 aliphatic rings. The molecule has 22 atom stereocenters. The van der Waals surface area contributed by atoms with E-state index < -0.39 is 27.6 Å². The maximum Gasteiger partial charge on any atom is 1.00 e. The molecule has 0 spiro atoms. The smallest absolute Gasteiger partial charge is 0.870 e. The summed E-state index contributed by atoms with van der Waals surface area (Å²) < 4.78 is 36.4. The van der Waals surface area contributed by atoms with Crippen LogP contribution in [0.1, 0.15) is 275 Å². The molecule has 13 nitrogen and oxygen atoms in total. The number of ether oxygens (including phenoxy) is 2. The van der Waals surface area contributed by atoms with Crippen LogP contribution in [-0.2, 0) is 82.8 Å². The van der Waals surface area contributed by atoms with Crippen molar-refractivity contribution in [3.8, 4) is 0 Å². The zero-order valence-electron chi connectivity index (χ0n) is 62.2. The van der Waals surface area contributed by atoms with Gasteiger partial charge < -0.3 is 60.7 Å². The molecule has 0 amide bonds. The van der Waals surface area contributed by atoms with Gasteiger partial charge in [-0.25, -0.2) is 0 Å². The molecule has 0 aromatic carbocycles. The number of halogens is 1. The Kier molecular flexibility index (Phi) is 47.3. The van der Waals surface area contributed by atoms with Crippen LogP contribution in [0.5, 0.6) is 0 Å². The minimum Gasteiger partial charge on any atom is -0.870 e. The van der Waals surface area contributed by atoms with Gasteiger partial charge in [-0.2, -0.15) is 12.1 Å². The van der Waals surface area contributed by atoms with Crippen LogP contribution in [0, 0.1) is 100 Å². The molecule has 0 aliphatic heterocycles. The second-order valence-electron chi connectivity index (χ2n) is 32.8. The van der Waals surface area contributed by atoms with Crippen molar-refractivity contribution in [2.24, 2.45) is 98.4 Å². The molecule has 8 saturated carbocycles. The Morgan fingerprint density at radius 2 is 0.990 bits per heavy atom. The Morgan fingerprint density at radius 1 is 0.594 bits per heavy atom. The number of aliphatic carboxylic acids is 1.